The van der Waals surface area contributed by atoms with Crippen molar-refractivity contribution in [3.05, 3.63) is 65.7 Å². The van der Waals surface area contributed by atoms with Gasteiger partial charge in [-0.2, -0.15) is 0 Å². The number of hydrazine groups is 1. The number of carbonyl (C=O) groups excluding carboxylic acids is 2. The van der Waals surface area contributed by atoms with Gasteiger partial charge in [-0.15, -0.1) is 0 Å². The molecular weight excluding hydrogens is 346 g/mol. The lowest BCUT2D eigenvalue weighted by atomic mass is 10.2. The Labute approximate surface area is 158 Å². The van der Waals surface area contributed by atoms with Crippen LogP contribution in [0.5, 0.6) is 5.75 Å². The Hall–Kier alpha value is -3.22. The summed E-state index contributed by atoms with van der Waals surface area (Å²) in [4.78, 5) is 24.8. The second-order valence-corrected chi connectivity index (χ2v) is 6.15. The summed E-state index contributed by atoms with van der Waals surface area (Å²) in [5.41, 5.74) is 1.85. The molecular formula is C20H23N3O4. The number of urea groups is 1. The number of carbonyl (C=O) groups is 2. The highest BCUT2D eigenvalue weighted by molar-refractivity contribution is 5.78. The Morgan fingerprint density at radius 3 is 2.37 bits per heavy atom. The van der Waals surface area contributed by atoms with Gasteiger partial charge in [0, 0.05) is 19.6 Å². The summed E-state index contributed by atoms with van der Waals surface area (Å²) in [6.07, 6.45) is 0.201. The molecule has 0 saturated carbocycles. The minimum atomic E-state index is -0.518. The smallest absolute Gasteiger partial charge is 0.429 e. The molecule has 0 bridgehead atoms. The first kappa shape index (κ1) is 18.6. The summed E-state index contributed by atoms with van der Waals surface area (Å²) in [5.74, 6) is 0.761. The van der Waals surface area contributed by atoms with Crippen molar-refractivity contribution < 1.29 is 19.1 Å². The molecule has 142 valence electrons. The number of benzene rings is 2. The van der Waals surface area contributed by atoms with E-state index in [2.05, 4.69) is 5.32 Å². The number of rotatable bonds is 5. The standard InChI is InChI=1S/C20H23N3O4/c1-26-18-10-8-16(9-11-18)14-21-19(24)22-12-5-13-23(22)20(25)27-15-17-6-3-2-4-7-17/h2-4,6-11H,5,12-15H2,1H3,(H,21,24). The number of ether oxygens (including phenoxy) is 2. The molecule has 0 atom stereocenters. The van der Waals surface area contributed by atoms with Gasteiger partial charge in [0.05, 0.1) is 7.11 Å². The molecule has 7 heteroatoms. The Bertz CT molecular complexity index is 765. The van der Waals surface area contributed by atoms with E-state index in [1.165, 1.54) is 10.0 Å². The number of hydrogen-bond donors (Lipinski definition) is 1. The lowest BCUT2D eigenvalue weighted by Crippen LogP contribution is -2.49. The van der Waals surface area contributed by atoms with Crippen molar-refractivity contribution in [2.75, 3.05) is 20.2 Å². The van der Waals surface area contributed by atoms with Gasteiger partial charge in [-0.25, -0.2) is 19.6 Å². The number of nitrogens with zero attached hydrogens (tertiary/aromatic N) is 2. The van der Waals surface area contributed by atoms with E-state index in [-0.39, 0.29) is 12.6 Å². The molecule has 2 aromatic carbocycles. The summed E-state index contributed by atoms with van der Waals surface area (Å²) in [6, 6.07) is 16.6. The molecule has 1 heterocycles. The molecule has 0 aromatic heterocycles. The van der Waals surface area contributed by atoms with Gasteiger partial charge in [-0.1, -0.05) is 42.5 Å². The molecule has 0 unspecified atom stereocenters. The third-order valence-corrected chi connectivity index (χ3v) is 4.28. The average Bonchev–Trinajstić information content (AvgIpc) is 3.21. The summed E-state index contributed by atoms with van der Waals surface area (Å²) in [7, 11) is 1.61. The van der Waals surface area contributed by atoms with Crippen molar-refractivity contribution in [1.29, 1.82) is 0 Å². The molecule has 1 aliphatic rings. The Kier molecular flexibility index (Phi) is 6.14. The molecule has 27 heavy (non-hydrogen) atoms. The molecule has 0 spiro atoms. The van der Waals surface area contributed by atoms with E-state index in [0.29, 0.717) is 19.6 Å². The van der Waals surface area contributed by atoms with Crippen LogP contribution in [0.3, 0.4) is 0 Å². The van der Waals surface area contributed by atoms with Crippen molar-refractivity contribution >= 4 is 12.1 Å². The molecule has 1 fully saturated rings. The van der Waals surface area contributed by atoms with Crippen molar-refractivity contribution in [2.24, 2.45) is 0 Å². The topological polar surface area (TPSA) is 71.1 Å². The van der Waals surface area contributed by atoms with E-state index >= 15 is 0 Å². The second-order valence-electron chi connectivity index (χ2n) is 6.15. The van der Waals surface area contributed by atoms with Crippen molar-refractivity contribution in [3.8, 4) is 5.75 Å². The third kappa shape index (κ3) is 4.91. The van der Waals surface area contributed by atoms with Gasteiger partial charge in [0.2, 0.25) is 0 Å². The van der Waals surface area contributed by atoms with E-state index in [9.17, 15) is 9.59 Å². The molecule has 0 aliphatic carbocycles. The summed E-state index contributed by atoms with van der Waals surface area (Å²) < 4.78 is 10.4. The predicted octanol–water partition coefficient (Wildman–Crippen LogP) is 3.16. The van der Waals surface area contributed by atoms with Gasteiger partial charge in [-0.05, 0) is 29.7 Å². The first-order valence-electron chi connectivity index (χ1n) is 8.84. The zero-order valence-corrected chi connectivity index (χ0v) is 15.3. The zero-order chi connectivity index (χ0) is 19.1. The van der Waals surface area contributed by atoms with Crippen molar-refractivity contribution in [2.45, 2.75) is 19.6 Å². The fourth-order valence-electron chi connectivity index (χ4n) is 2.82. The zero-order valence-electron chi connectivity index (χ0n) is 15.3. The number of nitrogens with one attached hydrogen (secondary N) is 1. The van der Waals surface area contributed by atoms with Crippen LogP contribution in [0.25, 0.3) is 0 Å². The lowest BCUT2D eigenvalue weighted by molar-refractivity contribution is 0.0317. The molecule has 1 aliphatic heterocycles. The highest BCUT2D eigenvalue weighted by Crippen LogP contribution is 2.15. The maximum absolute atomic E-state index is 12.5. The third-order valence-electron chi connectivity index (χ3n) is 4.28. The lowest BCUT2D eigenvalue weighted by Gasteiger charge is -2.27. The maximum atomic E-state index is 12.5. The molecule has 3 rings (SSSR count). The Morgan fingerprint density at radius 2 is 1.67 bits per heavy atom. The van der Waals surface area contributed by atoms with Crippen LogP contribution in [0.2, 0.25) is 0 Å². The molecule has 7 nitrogen and oxygen atoms in total. The molecule has 0 radical (unpaired) electrons. The fourth-order valence-corrected chi connectivity index (χ4v) is 2.82. The molecule has 1 N–H and O–H groups in total. The molecule has 1 saturated heterocycles. The highest BCUT2D eigenvalue weighted by atomic mass is 16.6. The highest BCUT2D eigenvalue weighted by Gasteiger charge is 2.31. The minimum Gasteiger partial charge on any atom is -0.497 e. The van der Waals surface area contributed by atoms with Gasteiger partial charge >= 0.3 is 12.1 Å². The monoisotopic (exact) mass is 369 g/mol. The van der Waals surface area contributed by atoms with Crippen LogP contribution in [0, 0.1) is 0 Å². The van der Waals surface area contributed by atoms with Crippen LogP contribution in [0.1, 0.15) is 17.5 Å². The van der Waals surface area contributed by atoms with Crippen LogP contribution < -0.4 is 10.1 Å². The first-order chi connectivity index (χ1) is 13.2. The van der Waals surface area contributed by atoms with Gasteiger partial charge in [0.25, 0.3) is 0 Å². The van der Waals surface area contributed by atoms with Crippen molar-refractivity contribution in [1.82, 2.24) is 15.3 Å². The van der Waals surface area contributed by atoms with Crippen LogP contribution in [0.4, 0.5) is 9.59 Å². The quantitative estimate of drug-likeness (QED) is 0.879. The fraction of sp³-hybridized carbons (Fsp3) is 0.300. The summed E-state index contributed by atoms with van der Waals surface area (Å²) >= 11 is 0. The van der Waals surface area contributed by atoms with E-state index < -0.39 is 6.09 Å². The normalized spacial score (nSPS) is 13.4. The van der Waals surface area contributed by atoms with Gasteiger partial charge in [0.1, 0.15) is 12.4 Å². The van der Waals surface area contributed by atoms with Gasteiger partial charge < -0.3 is 14.8 Å². The molecule has 2 aromatic rings. The van der Waals surface area contributed by atoms with Crippen LogP contribution in [-0.2, 0) is 17.9 Å². The van der Waals surface area contributed by atoms with Crippen molar-refractivity contribution in [3.63, 3.8) is 0 Å². The second kappa shape index (κ2) is 8.93. The Morgan fingerprint density at radius 1 is 0.963 bits per heavy atom. The molecule has 3 amide bonds. The van der Waals surface area contributed by atoms with Crippen LogP contribution in [0.15, 0.2) is 54.6 Å². The minimum absolute atomic E-state index is 0.178. The first-order valence-corrected chi connectivity index (χ1v) is 8.84. The van der Waals surface area contributed by atoms with E-state index in [0.717, 1.165) is 23.3 Å². The number of hydrogen-bond acceptors (Lipinski definition) is 4. The number of amides is 3. The largest absolute Gasteiger partial charge is 0.497 e. The Balaban J connectivity index is 1.51. The summed E-state index contributed by atoms with van der Waals surface area (Å²) in [5, 5.41) is 5.59. The van der Waals surface area contributed by atoms with Gasteiger partial charge in [0.15, 0.2) is 0 Å². The number of methoxy groups -OCH3 is 1. The van der Waals surface area contributed by atoms with Crippen LogP contribution >= 0.6 is 0 Å². The van der Waals surface area contributed by atoms with E-state index in [4.69, 9.17) is 9.47 Å². The SMILES string of the molecule is COc1ccc(CNC(=O)N2CCCN2C(=O)OCc2ccccc2)cc1. The predicted molar refractivity (Wildman–Crippen MR) is 99.9 cm³/mol. The average molecular weight is 369 g/mol. The van der Waals surface area contributed by atoms with Gasteiger partial charge in [-0.3, -0.25) is 0 Å². The van der Waals surface area contributed by atoms with E-state index in [1.54, 1.807) is 7.11 Å². The summed E-state index contributed by atoms with van der Waals surface area (Å²) in [6.45, 7) is 1.49. The maximum Gasteiger partial charge on any atom is 0.429 e. The van der Waals surface area contributed by atoms with E-state index in [1.807, 2.05) is 54.6 Å². The van der Waals surface area contributed by atoms with Crippen LogP contribution in [-0.4, -0.2) is 42.3 Å².